The Hall–Kier alpha value is -1.42. The fraction of sp³-hybridized carbons (Fsp3) is 0.600. The number of nitrogens with two attached hydrogens (primary N) is 1. The first-order valence-corrected chi connectivity index (χ1v) is 6.93. The number of rotatable bonds is 3. The summed E-state index contributed by atoms with van der Waals surface area (Å²) in [4.78, 5) is 10.6. The average Bonchev–Trinajstić information content (AvgIpc) is 2.36. The first-order valence-electron chi connectivity index (χ1n) is 6.93. The van der Waals surface area contributed by atoms with Crippen molar-refractivity contribution in [3.05, 3.63) is 39.4 Å². The second kappa shape index (κ2) is 5.29. The molecule has 0 unspecified atom stereocenters. The smallest absolute Gasteiger partial charge is 0.272 e. The third kappa shape index (κ3) is 3.13. The van der Waals surface area contributed by atoms with Crippen LogP contribution in [0.15, 0.2) is 18.2 Å². The lowest BCUT2D eigenvalue weighted by Crippen LogP contribution is -2.45. The minimum absolute atomic E-state index is 0.188. The van der Waals surface area contributed by atoms with Crippen LogP contribution < -0.4 is 5.73 Å². The molecule has 1 saturated carbocycles. The first kappa shape index (κ1) is 14.0. The van der Waals surface area contributed by atoms with E-state index in [2.05, 4.69) is 6.92 Å². The van der Waals surface area contributed by atoms with Gasteiger partial charge in [-0.15, -0.1) is 0 Å². The monoisotopic (exact) mass is 262 g/mol. The van der Waals surface area contributed by atoms with Gasteiger partial charge in [-0.1, -0.05) is 19.1 Å². The van der Waals surface area contributed by atoms with Crippen LogP contribution in [0.3, 0.4) is 0 Å². The second-order valence-electron chi connectivity index (χ2n) is 6.04. The fourth-order valence-corrected chi connectivity index (χ4v) is 2.95. The molecule has 1 aliphatic rings. The molecule has 2 rings (SSSR count). The highest BCUT2D eigenvalue weighted by Crippen LogP contribution is 2.34. The van der Waals surface area contributed by atoms with Gasteiger partial charge in [0.2, 0.25) is 0 Å². The van der Waals surface area contributed by atoms with Crippen molar-refractivity contribution < 1.29 is 4.92 Å². The Kier molecular flexibility index (Phi) is 3.90. The van der Waals surface area contributed by atoms with Gasteiger partial charge in [-0.3, -0.25) is 10.1 Å². The van der Waals surface area contributed by atoms with Crippen molar-refractivity contribution in [2.24, 2.45) is 11.7 Å². The summed E-state index contributed by atoms with van der Waals surface area (Å²) < 4.78 is 0. The summed E-state index contributed by atoms with van der Waals surface area (Å²) in [5.74, 6) is 0.753. The molecule has 1 aliphatic carbocycles. The molecule has 19 heavy (non-hydrogen) atoms. The van der Waals surface area contributed by atoms with Crippen molar-refractivity contribution in [3.8, 4) is 0 Å². The molecule has 1 fully saturated rings. The maximum atomic E-state index is 11.0. The van der Waals surface area contributed by atoms with Gasteiger partial charge >= 0.3 is 0 Å². The summed E-state index contributed by atoms with van der Waals surface area (Å²) in [5, 5.41) is 11.0. The molecule has 104 valence electrons. The Morgan fingerprint density at radius 1 is 1.42 bits per heavy atom. The maximum Gasteiger partial charge on any atom is 0.272 e. The van der Waals surface area contributed by atoms with Crippen LogP contribution in [0.5, 0.6) is 0 Å². The quantitative estimate of drug-likeness (QED) is 0.670. The molecule has 0 spiro atoms. The Balaban J connectivity index is 2.19. The van der Waals surface area contributed by atoms with Crippen molar-refractivity contribution in [1.29, 1.82) is 0 Å². The number of hydrogen-bond acceptors (Lipinski definition) is 3. The summed E-state index contributed by atoms with van der Waals surface area (Å²) in [7, 11) is 0. The summed E-state index contributed by atoms with van der Waals surface area (Å²) in [5.41, 5.74) is 8.27. The van der Waals surface area contributed by atoms with Crippen LogP contribution in [0.1, 0.15) is 43.7 Å². The van der Waals surface area contributed by atoms with Crippen LogP contribution in [-0.4, -0.2) is 10.5 Å². The van der Waals surface area contributed by atoms with E-state index in [1.54, 1.807) is 12.1 Å². The van der Waals surface area contributed by atoms with Gasteiger partial charge in [-0.25, -0.2) is 0 Å². The van der Waals surface area contributed by atoms with E-state index in [1.807, 2.05) is 13.0 Å². The Bertz CT molecular complexity index is 477. The van der Waals surface area contributed by atoms with E-state index in [4.69, 9.17) is 5.73 Å². The molecule has 0 saturated heterocycles. The highest BCUT2D eigenvalue weighted by molar-refractivity contribution is 5.45. The van der Waals surface area contributed by atoms with Crippen LogP contribution in [0.25, 0.3) is 0 Å². The molecule has 0 atom stereocenters. The van der Waals surface area contributed by atoms with E-state index >= 15 is 0 Å². The normalized spacial score (nSPS) is 27.2. The maximum absolute atomic E-state index is 11.0. The predicted octanol–water partition coefficient (Wildman–Crippen LogP) is 3.35. The Labute approximate surface area is 114 Å². The van der Waals surface area contributed by atoms with Crippen LogP contribution >= 0.6 is 0 Å². The molecule has 1 aromatic rings. The predicted molar refractivity (Wildman–Crippen MR) is 76.1 cm³/mol. The molecule has 0 bridgehead atoms. The second-order valence-corrected chi connectivity index (χ2v) is 6.04. The van der Waals surface area contributed by atoms with Crippen LogP contribution in [0, 0.1) is 23.0 Å². The van der Waals surface area contributed by atoms with Crippen molar-refractivity contribution in [2.75, 3.05) is 0 Å². The highest BCUT2D eigenvalue weighted by Gasteiger charge is 2.31. The molecule has 0 amide bonds. The van der Waals surface area contributed by atoms with Gasteiger partial charge in [0.25, 0.3) is 5.69 Å². The largest absolute Gasteiger partial charge is 0.325 e. The zero-order chi connectivity index (χ0) is 14.0. The zero-order valence-electron chi connectivity index (χ0n) is 11.7. The third-order valence-electron chi connectivity index (χ3n) is 4.43. The topological polar surface area (TPSA) is 69.2 Å². The van der Waals surface area contributed by atoms with Crippen molar-refractivity contribution in [1.82, 2.24) is 0 Å². The van der Waals surface area contributed by atoms with E-state index in [0.29, 0.717) is 0 Å². The molecule has 4 heteroatoms. The van der Waals surface area contributed by atoms with E-state index in [1.165, 1.54) is 0 Å². The lowest BCUT2D eigenvalue weighted by Gasteiger charge is -2.36. The summed E-state index contributed by atoms with van der Waals surface area (Å²) in [6.07, 6.45) is 5.08. The van der Waals surface area contributed by atoms with Gasteiger partial charge in [-0.2, -0.15) is 0 Å². The molecule has 0 aliphatic heterocycles. The molecule has 2 N–H and O–H groups in total. The molecule has 0 aromatic heterocycles. The molecular formula is C15H22N2O2. The van der Waals surface area contributed by atoms with Gasteiger partial charge in [0.05, 0.1) is 4.92 Å². The molecule has 1 aromatic carbocycles. The number of benzene rings is 1. The summed E-state index contributed by atoms with van der Waals surface area (Å²) in [6.45, 7) is 4.08. The van der Waals surface area contributed by atoms with Gasteiger partial charge < -0.3 is 5.73 Å². The van der Waals surface area contributed by atoms with Gasteiger partial charge in [0.15, 0.2) is 0 Å². The summed E-state index contributed by atoms with van der Waals surface area (Å²) in [6, 6.07) is 5.29. The number of nitrogens with zero attached hydrogens (tertiary/aromatic N) is 1. The van der Waals surface area contributed by atoms with E-state index < -0.39 is 0 Å². The average molecular weight is 262 g/mol. The van der Waals surface area contributed by atoms with Crippen molar-refractivity contribution in [2.45, 2.75) is 51.5 Å². The van der Waals surface area contributed by atoms with Crippen LogP contribution in [0.2, 0.25) is 0 Å². The highest BCUT2D eigenvalue weighted by atomic mass is 16.6. The molecule has 4 nitrogen and oxygen atoms in total. The SMILES string of the molecule is Cc1c(CC2(N)CCC(C)CC2)cccc1[N+](=O)[O-]. The van der Waals surface area contributed by atoms with E-state index in [-0.39, 0.29) is 16.1 Å². The van der Waals surface area contributed by atoms with Crippen molar-refractivity contribution in [3.63, 3.8) is 0 Å². The number of hydrogen-bond donors (Lipinski definition) is 1. The van der Waals surface area contributed by atoms with Gasteiger partial charge in [-0.05, 0) is 50.5 Å². The first-order chi connectivity index (χ1) is 8.91. The Morgan fingerprint density at radius 3 is 2.63 bits per heavy atom. The van der Waals surface area contributed by atoms with E-state index in [9.17, 15) is 10.1 Å². The van der Waals surface area contributed by atoms with E-state index in [0.717, 1.165) is 49.1 Å². The standard InChI is InChI=1S/C15H22N2O2/c1-11-6-8-15(16,9-7-11)10-13-4-3-5-14(12(13)2)17(18)19/h3-5,11H,6-10,16H2,1-2H3. The lowest BCUT2D eigenvalue weighted by molar-refractivity contribution is -0.385. The number of nitro benzene ring substituents is 1. The van der Waals surface area contributed by atoms with Crippen LogP contribution in [0.4, 0.5) is 5.69 Å². The zero-order valence-corrected chi connectivity index (χ0v) is 11.7. The summed E-state index contributed by atoms with van der Waals surface area (Å²) >= 11 is 0. The van der Waals surface area contributed by atoms with Crippen LogP contribution in [-0.2, 0) is 6.42 Å². The fourth-order valence-electron chi connectivity index (χ4n) is 2.95. The lowest BCUT2D eigenvalue weighted by atomic mass is 9.74. The minimum Gasteiger partial charge on any atom is -0.325 e. The molecule has 0 heterocycles. The number of nitro groups is 1. The van der Waals surface area contributed by atoms with Crippen molar-refractivity contribution >= 4 is 5.69 Å². The minimum atomic E-state index is -0.315. The van der Waals surface area contributed by atoms with Gasteiger partial charge in [0, 0.05) is 17.2 Å². The van der Waals surface area contributed by atoms with Gasteiger partial charge in [0.1, 0.15) is 0 Å². The third-order valence-corrected chi connectivity index (χ3v) is 4.43. The molecule has 0 radical (unpaired) electrons. The Morgan fingerprint density at radius 2 is 2.05 bits per heavy atom. The molecular weight excluding hydrogens is 240 g/mol.